The van der Waals surface area contributed by atoms with Crippen molar-refractivity contribution >= 4 is 26.1 Å². The zero-order valence-corrected chi connectivity index (χ0v) is 14.9. The first kappa shape index (κ1) is 17.6. The van der Waals surface area contributed by atoms with Gasteiger partial charge in [0.25, 0.3) is 5.91 Å². The van der Waals surface area contributed by atoms with Crippen molar-refractivity contribution < 1.29 is 19.1 Å². The molecule has 1 aromatic rings. The predicted molar refractivity (Wildman–Crippen MR) is 91.0 cm³/mol. The first-order valence-electron chi connectivity index (χ1n) is 7.70. The van der Waals surface area contributed by atoms with E-state index in [9.17, 15) is 14.7 Å². The smallest absolute Gasteiger partial charge is 0.267 e. The normalized spacial score (nSPS) is 26.4. The highest BCUT2D eigenvalue weighted by Crippen LogP contribution is 2.32. The topological polar surface area (TPSA) is 75.6 Å². The number of nitrogens with one attached hydrogen (secondary N) is 1. The maximum atomic E-state index is 12.3. The van der Waals surface area contributed by atoms with E-state index in [4.69, 9.17) is 4.43 Å². The van der Waals surface area contributed by atoms with Crippen molar-refractivity contribution in [2.24, 2.45) is 0 Å². The standard InChI is InChI=1S/C17H23NO4Si/c1-5-14(19)17(21)15(22-23(2,3)4)13(18-16(17)20)11-12-9-7-6-8-10-12/h6-11,15,21H,5H2,1-4H3,(H,18,20)/b13-11-/t15-,17+/m0/s1. The van der Waals surface area contributed by atoms with E-state index >= 15 is 0 Å². The lowest BCUT2D eigenvalue weighted by Crippen LogP contribution is -2.55. The number of carbonyl (C=O) groups is 2. The number of Topliss-reactive ketones (excluding diaryl/α,β-unsaturated/α-hetero) is 1. The lowest BCUT2D eigenvalue weighted by Gasteiger charge is -2.31. The van der Waals surface area contributed by atoms with Crippen LogP contribution >= 0.6 is 0 Å². The number of amides is 1. The van der Waals surface area contributed by atoms with Gasteiger partial charge in [0.1, 0.15) is 6.10 Å². The number of benzene rings is 1. The summed E-state index contributed by atoms with van der Waals surface area (Å²) in [6, 6.07) is 9.40. The minimum atomic E-state index is -2.16. The largest absolute Gasteiger partial charge is 0.405 e. The third kappa shape index (κ3) is 3.60. The summed E-state index contributed by atoms with van der Waals surface area (Å²) in [5, 5.41) is 13.4. The second-order valence-electron chi connectivity index (χ2n) is 6.62. The molecule has 124 valence electrons. The van der Waals surface area contributed by atoms with Gasteiger partial charge >= 0.3 is 0 Å². The van der Waals surface area contributed by atoms with E-state index in [1.54, 1.807) is 13.0 Å². The Labute approximate surface area is 137 Å². The maximum Gasteiger partial charge on any atom is 0.267 e. The van der Waals surface area contributed by atoms with Gasteiger partial charge in [-0.3, -0.25) is 9.59 Å². The fourth-order valence-corrected chi connectivity index (χ4v) is 3.53. The summed E-state index contributed by atoms with van der Waals surface area (Å²) in [5.74, 6) is -1.25. The van der Waals surface area contributed by atoms with Gasteiger partial charge in [-0.1, -0.05) is 37.3 Å². The maximum absolute atomic E-state index is 12.3. The average Bonchev–Trinajstić information content (AvgIpc) is 2.71. The zero-order valence-electron chi connectivity index (χ0n) is 13.9. The van der Waals surface area contributed by atoms with E-state index in [1.165, 1.54) is 0 Å². The van der Waals surface area contributed by atoms with Crippen LogP contribution < -0.4 is 5.32 Å². The molecule has 6 heteroatoms. The van der Waals surface area contributed by atoms with Crippen LogP contribution in [-0.2, 0) is 14.0 Å². The Morgan fingerprint density at radius 2 is 1.96 bits per heavy atom. The highest BCUT2D eigenvalue weighted by atomic mass is 28.4. The molecule has 2 rings (SSSR count). The van der Waals surface area contributed by atoms with Gasteiger partial charge in [0.15, 0.2) is 14.1 Å². The third-order valence-corrected chi connectivity index (χ3v) is 4.55. The summed E-state index contributed by atoms with van der Waals surface area (Å²) in [6.07, 6.45) is 0.812. The number of carbonyl (C=O) groups excluding carboxylic acids is 2. The number of ketones is 1. The Morgan fingerprint density at radius 3 is 2.48 bits per heavy atom. The lowest BCUT2D eigenvalue weighted by atomic mass is 9.91. The van der Waals surface area contributed by atoms with Gasteiger partial charge in [0, 0.05) is 6.42 Å². The van der Waals surface area contributed by atoms with Gasteiger partial charge in [-0.25, -0.2) is 0 Å². The summed E-state index contributed by atoms with van der Waals surface area (Å²) >= 11 is 0. The monoisotopic (exact) mass is 333 g/mol. The summed E-state index contributed by atoms with van der Waals surface area (Å²) < 4.78 is 6.01. The molecule has 1 amide bonds. The van der Waals surface area contributed by atoms with Gasteiger partial charge < -0.3 is 14.8 Å². The molecule has 23 heavy (non-hydrogen) atoms. The molecule has 0 aliphatic carbocycles. The summed E-state index contributed by atoms with van der Waals surface area (Å²) in [7, 11) is -2.10. The van der Waals surface area contributed by atoms with E-state index in [0.29, 0.717) is 5.70 Å². The molecule has 0 radical (unpaired) electrons. The molecular formula is C17H23NO4Si. The Hall–Kier alpha value is -1.76. The SMILES string of the molecule is CCC(=O)[C@]1(O)C(=O)N/C(=C\c2ccccc2)[C@@H]1O[Si](C)(C)C. The molecule has 1 heterocycles. The molecule has 2 N–H and O–H groups in total. The molecule has 0 unspecified atom stereocenters. The highest BCUT2D eigenvalue weighted by Gasteiger charge is 2.58. The summed E-state index contributed by atoms with van der Waals surface area (Å²) in [4.78, 5) is 24.5. The van der Waals surface area contributed by atoms with Crippen LogP contribution in [0.15, 0.2) is 36.0 Å². The highest BCUT2D eigenvalue weighted by molar-refractivity contribution is 6.69. The van der Waals surface area contributed by atoms with Crippen molar-refractivity contribution in [2.75, 3.05) is 0 Å². The van der Waals surface area contributed by atoms with E-state index in [-0.39, 0.29) is 6.42 Å². The van der Waals surface area contributed by atoms with Crippen LogP contribution in [0, 0.1) is 0 Å². The second kappa shape index (κ2) is 6.39. The van der Waals surface area contributed by atoms with Gasteiger partial charge in [0.2, 0.25) is 5.60 Å². The van der Waals surface area contributed by atoms with Crippen molar-refractivity contribution in [3.8, 4) is 0 Å². The number of hydrogen-bond acceptors (Lipinski definition) is 4. The number of aliphatic hydroxyl groups is 1. The average molecular weight is 333 g/mol. The Balaban J connectivity index is 2.48. The molecule has 1 aliphatic heterocycles. The first-order valence-corrected chi connectivity index (χ1v) is 11.1. The first-order chi connectivity index (χ1) is 10.7. The van der Waals surface area contributed by atoms with Gasteiger partial charge in [-0.05, 0) is 31.3 Å². The van der Waals surface area contributed by atoms with E-state index < -0.39 is 31.7 Å². The lowest BCUT2D eigenvalue weighted by molar-refractivity contribution is -0.155. The van der Waals surface area contributed by atoms with Crippen molar-refractivity contribution in [2.45, 2.75) is 44.7 Å². The molecular weight excluding hydrogens is 310 g/mol. The van der Waals surface area contributed by atoms with Crippen molar-refractivity contribution in [1.29, 1.82) is 0 Å². The van der Waals surface area contributed by atoms with Crippen LogP contribution in [0.1, 0.15) is 18.9 Å². The van der Waals surface area contributed by atoms with E-state index in [2.05, 4.69) is 5.32 Å². The fourth-order valence-electron chi connectivity index (χ4n) is 2.52. The molecule has 0 spiro atoms. The zero-order chi connectivity index (χ0) is 17.3. The molecule has 2 atom stereocenters. The Bertz CT molecular complexity index is 636. The van der Waals surface area contributed by atoms with Gasteiger partial charge in [0.05, 0.1) is 5.70 Å². The molecule has 0 saturated carbocycles. The molecule has 1 aromatic carbocycles. The quantitative estimate of drug-likeness (QED) is 0.639. The van der Waals surface area contributed by atoms with E-state index in [0.717, 1.165) is 5.56 Å². The Kier molecular flexibility index (Phi) is 4.89. The van der Waals surface area contributed by atoms with Crippen LogP contribution in [0.4, 0.5) is 0 Å². The Morgan fingerprint density at radius 1 is 1.35 bits per heavy atom. The molecule has 5 nitrogen and oxygen atoms in total. The molecule has 0 aromatic heterocycles. The van der Waals surface area contributed by atoms with Crippen LogP contribution in [0.3, 0.4) is 0 Å². The molecule has 1 aliphatic rings. The van der Waals surface area contributed by atoms with Crippen LogP contribution in [-0.4, -0.2) is 36.8 Å². The van der Waals surface area contributed by atoms with E-state index in [1.807, 2.05) is 50.0 Å². The van der Waals surface area contributed by atoms with Crippen LogP contribution in [0.2, 0.25) is 19.6 Å². The second-order valence-corrected chi connectivity index (χ2v) is 11.1. The number of hydrogen-bond donors (Lipinski definition) is 2. The molecule has 1 fully saturated rings. The fraction of sp³-hybridized carbons (Fsp3) is 0.412. The van der Waals surface area contributed by atoms with Crippen molar-refractivity contribution in [1.82, 2.24) is 5.32 Å². The minimum Gasteiger partial charge on any atom is -0.405 e. The van der Waals surface area contributed by atoms with Crippen molar-refractivity contribution in [3.63, 3.8) is 0 Å². The van der Waals surface area contributed by atoms with Gasteiger partial charge in [-0.2, -0.15) is 0 Å². The summed E-state index contributed by atoms with van der Waals surface area (Å²) in [5.41, 5.74) is -0.872. The third-order valence-electron chi connectivity index (χ3n) is 3.61. The minimum absolute atomic E-state index is 0.0636. The van der Waals surface area contributed by atoms with Crippen molar-refractivity contribution in [3.05, 3.63) is 41.6 Å². The summed E-state index contributed by atoms with van der Waals surface area (Å²) in [6.45, 7) is 7.48. The van der Waals surface area contributed by atoms with Crippen LogP contribution in [0.25, 0.3) is 6.08 Å². The number of rotatable bonds is 5. The molecule has 0 bridgehead atoms. The predicted octanol–water partition coefficient (Wildman–Crippen LogP) is 2.09. The van der Waals surface area contributed by atoms with Crippen LogP contribution in [0.5, 0.6) is 0 Å². The molecule has 1 saturated heterocycles. The van der Waals surface area contributed by atoms with Gasteiger partial charge in [-0.15, -0.1) is 0 Å².